The molecule has 6 heteroatoms. The highest BCUT2D eigenvalue weighted by atomic mass is 35.5. The van der Waals surface area contributed by atoms with E-state index < -0.39 is 5.97 Å². The highest BCUT2D eigenvalue weighted by Crippen LogP contribution is 2.20. The second kappa shape index (κ2) is 5.27. The Bertz CT molecular complexity index is 502. The first-order valence-corrected chi connectivity index (χ1v) is 5.94. The monoisotopic (exact) mass is 267 g/mol. The molecule has 1 N–H and O–H groups in total. The van der Waals surface area contributed by atoms with E-state index in [1.807, 2.05) is 19.1 Å². The van der Waals surface area contributed by atoms with Gasteiger partial charge in [0.1, 0.15) is 6.61 Å². The van der Waals surface area contributed by atoms with Crippen LogP contribution in [0.2, 0.25) is 5.02 Å². The van der Waals surface area contributed by atoms with Gasteiger partial charge >= 0.3 is 5.97 Å². The van der Waals surface area contributed by atoms with Crippen LogP contribution in [0.1, 0.15) is 5.56 Å². The lowest BCUT2D eigenvalue weighted by molar-refractivity contribution is -0.138. The number of morpholine rings is 1. The van der Waals surface area contributed by atoms with Crippen LogP contribution in [0.3, 0.4) is 0 Å². The lowest BCUT2D eigenvalue weighted by Crippen LogP contribution is -2.43. The fraction of sp³-hybridized carbons (Fsp3) is 0.333. The Morgan fingerprint density at radius 1 is 1.50 bits per heavy atom. The van der Waals surface area contributed by atoms with Gasteiger partial charge in [-0.25, -0.2) is 4.79 Å². The van der Waals surface area contributed by atoms with Gasteiger partial charge in [0.05, 0.1) is 12.2 Å². The number of anilines is 1. The third-order valence-electron chi connectivity index (χ3n) is 2.67. The maximum absolute atomic E-state index is 11.5. The second-order valence-corrected chi connectivity index (χ2v) is 4.48. The summed E-state index contributed by atoms with van der Waals surface area (Å²) < 4.78 is 4.91. The first-order valence-electron chi connectivity index (χ1n) is 5.56. The zero-order valence-corrected chi connectivity index (χ0v) is 11.0. The van der Waals surface area contributed by atoms with Gasteiger partial charge in [0, 0.05) is 12.1 Å². The predicted octanol–water partition coefficient (Wildman–Crippen LogP) is 1.86. The molecule has 0 atom stereocenters. The smallest absolute Gasteiger partial charge is 0.376 e. The minimum absolute atomic E-state index is 0.262. The van der Waals surface area contributed by atoms with E-state index in [1.54, 1.807) is 18.0 Å². The van der Waals surface area contributed by atoms with Crippen LogP contribution in [0.15, 0.2) is 23.3 Å². The molecule has 0 aromatic heterocycles. The lowest BCUT2D eigenvalue weighted by atomic mass is 10.2. The molecule has 96 valence electrons. The third-order valence-corrected chi connectivity index (χ3v) is 3.07. The lowest BCUT2D eigenvalue weighted by Gasteiger charge is -2.24. The molecule has 1 saturated heterocycles. The van der Waals surface area contributed by atoms with E-state index in [9.17, 15) is 4.79 Å². The zero-order chi connectivity index (χ0) is 13.1. The number of carbonyl (C=O) groups is 1. The number of aryl methyl sites for hydroxylation is 1. The highest BCUT2D eigenvalue weighted by Gasteiger charge is 2.23. The molecule has 1 heterocycles. The van der Waals surface area contributed by atoms with E-state index in [0.717, 1.165) is 11.3 Å². The molecule has 1 aliphatic rings. The molecule has 0 bridgehead atoms. The number of rotatable bonds is 2. The van der Waals surface area contributed by atoms with Crippen molar-refractivity contribution in [2.75, 3.05) is 25.6 Å². The molecule has 0 radical (unpaired) electrons. The van der Waals surface area contributed by atoms with Crippen molar-refractivity contribution in [1.29, 1.82) is 0 Å². The summed E-state index contributed by atoms with van der Waals surface area (Å²) >= 11 is 6.00. The topological polar surface area (TPSA) is 53.9 Å². The number of ether oxygens (including phenoxy) is 1. The minimum atomic E-state index is -0.422. The molecule has 1 aliphatic heterocycles. The Hall–Kier alpha value is -1.75. The van der Waals surface area contributed by atoms with Gasteiger partial charge in [-0.1, -0.05) is 17.7 Å². The van der Waals surface area contributed by atoms with Crippen molar-refractivity contribution in [3.63, 3.8) is 0 Å². The van der Waals surface area contributed by atoms with Crippen molar-refractivity contribution < 1.29 is 9.53 Å². The number of esters is 1. The summed E-state index contributed by atoms with van der Waals surface area (Å²) in [6.07, 6.45) is 0. The first kappa shape index (κ1) is 12.7. The van der Waals surface area contributed by atoms with Gasteiger partial charge in [0.25, 0.3) is 0 Å². The van der Waals surface area contributed by atoms with Gasteiger partial charge in [-0.2, -0.15) is 0 Å². The Labute approximate surface area is 110 Å². The number of nitrogens with one attached hydrogen (secondary N) is 1. The van der Waals surface area contributed by atoms with Crippen molar-refractivity contribution in [3.05, 3.63) is 28.8 Å². The second-order valence-electron chi connectivity index (χ2n) is 4.07. The van der Waals surface area contributed by atoms with Gasteiger partial charge in [-0.3, -0.25) is 5.43 Å². The number of hydrazone groups is 1. The molecule has 0 spiro atoms. The van der Waals surface area contributed by atoms with Crippen LogP contribution in [0.5, 0.6) is 0 Å². The van der Waals surface area contributed by atoms with Gasteiger partial charge in [-0.15, -0.1) is 5.10 Å². The van der Waals surface area contributed by atoms with E-state index in [1.165, 1.54) is 0 Å². The number of benzene rings is 1. The Balaban J connectivity index is 2.13. The molecule has 0 aliphatic carbocycles. The molecule has 18 heavy (non-hydrogen) atoms. The van der Waals surface area contributed by atoms with Crippen LogP contribution in [0.25, 0.3) is 0 Å². The molecular formula is C12H14ClN3O2. The number of nitrogens with zero attached hydrogens (tertiary/aromatic N) is 2. The normalized spacial score (nSPS) is 17.8. The standard InChI is InChI=1S/C12H14ClN3O2/c1-8-3-4-9(7-10(8)13)14-15-11-12(17)18-6-5-16(11)2/h3-4,7,14H,5-6H2,1-2H3/b15-11-. The van der Waals surface area contributed by atoms with Crippen LogP contribution in [-0.2, 0) is 9.53 Å². The van der Waals surface area contributed by atoms with Gasteiger partial charge < -0.3 is 9.64 Å². The van der Waals surface area contributed by atoms with Gasteiger partial charge in [0.2, 0.25) is 5.84 Å². The number of likely N-dealkylation sites (N-methyl/N-ethyl adjacent to an activating group) is 1. The average Bonchev–Trinajstić information content (AvgIpc) is 2.33. The largest absolute Gasteiger partial charge is 0.458 e. The Kier molecular flexibility index (Phi) is 3.72. The molecule has 2 rings (SSSR count). The van der Waals surface area contributed by atoms with Crippen LogP contribution in [0, 0.1) is 6.92 Å². The van der Waals surface area contributed by atoms with Crippen LogP contribution in [-0.4, -0.2) is 36.9 Å². The summed E-state index contributed by atoms with van der Waals surface area (Å²) in [7, 11) is 1.79. The summed E-state index contributed by atoms with van der Waals surface area (Å²) in [5.74, 6) is -0.160. The fourth-order valence-electron chi connectivity index (χ4n) is 1.51. The van der Waals surface area contributed by atoms with Crippen molar-refractivity contribution >= 4 is 29.1 Å². The van der Waals surface area contributed by atoms with Gasteiger partial charge in [-0.05, 0) is 24.6 Å². The Morgan fingerprint density at radius 3 is 2.94 bits per heavy atom. The highest BCUT2D eigenvalue weighted by molar-refractivity contribution is 6.35. The predicted molar refractivity (Wildman–Crippen MR) is 70.8 cm³/mol. The summed E-state index contributed by atoms with van der Waals surface area (Å²) in [5, 5.41) is 4.70. The molecule has 1 fully saturated rings. The van der Waals surface area contributed by atoms with E-state index in [-0.39, 0.29) is 5.84 Å². The first-order chi connectivity index (χ1) is 8.58. The molecule has 0 amide bonds. The molecule has 0 saturated carbocycles. The maximum Gasteiger partial charge on any atom is 0.376 e. The average molecular weight is 268 g/mol. The molecule has 1 aromatic carbocycles. The van der Waals surface area contributed by atoms with Crippen molar-refractivity contribution in [3.8, 4) is 0 Å². The van der Waals surface area contributed by atoms with E-state index >= 15 is 0 Å². The van der Waals surface area contributed by atoms with Crippen LogP contribution < -0.4 is 5.43 Å². The minimum Gasteiger partial charge on any atom is -0.458 e. The van der Waals surface area contributed by atoms with Gasteiger partial charge in [0.15, 0.2) is 0 Å². The SMILES string of the molecule is Cc1ccc(N/N=C2/C(=O)OCCN2C)cc1Cl. The summed E-state index contributed by atoms with van der Waals surface area (Å²) in [6, 6.07) is 5.49. The van der Waals surface area contributed by atoms with Crippen LogP contribution >= 0.6 is 11.6 Å². The Morgan fingerprint density at radius 2 is 2.28 bits per heavy atom. The zero-order valence-electron chi connectivity index (χ0n) is 10.2. The number of carbonyl (C=O) groups excluding carboxylic acids is 1. The van der Waals surface area contributed by atoms with Crippen LogP contribution in [0.4, 0.5) is 5.69 Å². The third kappa shape index (κ3) is 2.73. The molecule has 0 unspecified atom stereocenters. The summed E-state index contributed by atoms with van der Waals surface area (Å²) in [6.45, 7) is 2.95. The van der Waals surface area contributed by atoms with Crippen molar-refractivity contribution in [1.82, 2.24) is 4.90 Å². The molecule has 1 aromatic rings. The van der Waals surface area contributed by atoms with E-state index in [0.29, 0.717) is 18.2 Å². The quantitative estimate of drug-likeness (QED) is 0.656. The van der Waals surface area contributed by atoms with E-state index in [4.69, 9.17) is 16.3 Å². The van der Waals surface area contributed by atoms with Crippen molar-refractivity contribution in [2.24, 2.45) is 5.10 Å². The number of halogens is 1. The van der Waals surface area contributed by atoms with E-state index in [2.05, 4.69) is 10.5 Å². The summed E-state index contributed by atoms with van der Waals surface area (Å²) in [5.41, 5.74) is 4.52. The fourth-order valence-corrected chi connectivity index (χ4v) is 1.69. The number of cyclic esters (lactones) is 1. The van der Waals surface area contributed by atoms with Crippen molar-refractivity contribution in [2.45, 2.75) is 6.92 Å². The molecule has 5 nitrogen and oxygen atoms in total. The molecular weight excluding hydrogens is 254 g/mol. The number of hydrogen-bond donors (Lipinski definition) is 1. The maximum atomic E-state index is 11.5. The number of hydrogen-bond acceptors (Lipinski definition) is 4. The summed E-state index contributed by atoms with van der Waals surface area (Å²) in [4.78, 5) is 13.2. The number of amidine groups is 1.